The molecule has 2 atom stereocenters. The van der Waals surface area contributed by atoms with Gasteiger partial charge < -0.3 is 15.3 Å². The zero-order valence-electron chi connectivity index (χ0n) is 15.7. The summed E-state index contributed by atoms with van der Waals surface area (Å²) in [5.74, 6) is -1.72. The van der Waals surface area contributed by atoms with Crippen LogP contribution in [0.25, 0.3) is 0 Å². The monoisotopic (exact) mass is 360 g/mol. The number of carbonyl (C=O) groups excluding carboxylic acids is 2. The molecule has 1 aliphatic rings. The van der Waals surface area contributed by atoms with E-state index in [1.807, 2.05) is 39.0 Å². The van der Waals surface area contributed by atoms with Crippen molar-refractivity contribution in [3.63, 3.8) is 0 Å². The molecule has 1 heterocycles. The smallest absolute Gasteiger partial charge is 0.326 e. The number of benzene rings is 1. The van der Waals surface area contributed by atoms with E-state index >= 15 is 0 Å². The van der Waals surface area contributed by atoms with E-state index in [2.05, 4.69) is 5.32 Å². The van der Waals surface area contributed by atoms with Gasteiger partial charge in [0.2, 0.25) is 5.91 Å². The number of carboxylic acid groups (broad SMARTS) is 1. The molecule has 6 heteroatoms. The molecule has 0 bridgehead atoms. The number of aryl methyl sites for hydroxylation is 2. The second kappa shape index (κ2) is 8.83. The fraction of sp³-hybridized carbons (Fsp3) is 0.550. The van der Waals surface area contributed by atoms with Crippen molar-refractivity contribution in [2.75, 3.05) is 13.1 Å². The molecule has 6 nitrogen and oxygen atoms in total. The highest BCUT2D eigenvalue weighted by Crippen LogP contribution is 2.20. The first-order valence-corrected chi connectivity index (χ1v) is 9.22. The predicted octanol–water partition coefficient (Wildman–Crippen LogP) is 2.53. The van der Waals surface area contributed by atoms with E-state index in [4.69, 9.17) is 0 Å². The second-order valence-electron chi connectivity index (χ2n) is 7.15. The minimum Gasteiger partial charge on any atom is -0.480 e. The summed E-state index contributed by atoms with van der Waals surface area (Å²) in [6, 6.07) is 4.88. The quantitative estimate of drug-likeness (QED) is 0.816. The van der Waals surface area contributed by atoms with Crippen molar-refractivity contribution < 1.29 is 19.5 Å². The Bertz CT molecular complexity index is 666. The maximum absolute atomic E-state index is 12.8. The van der Waals surface area contributed by atoms with Crippen LogP contribution in [0, 0.1) is 19.8 Å². The maximum Gasteiger partial charge on any atom is 0.326 e. The van der Waals surface area contributed by atoms with Crippen LogP contribution in [-0.2, 0) is 9.59 Å². The molecule has 1 aliphatic heterocycles. The lowest BCUT2D eigenvalue weighted by Crippen LogP contribution is -2.49. The van der Waals surface area contributed by atoms with Gasteiger partial charge in [-0.2, -0.15) is 0 Å². The Morgan fingerprint density at radius 3 is 2.46 bits per heavy atom. The minimum atomic E-state index is -1.01. The van der Waals surface area contributed by atoms with Gasteiger partial charge in [0.25, 0.3) is 5.91 Å². The third-order valence-electron chi connectivity index (χ3n) is 4.74. The van der Waals surface area contributed by atoms with Crippen LogP contribution in [0.1, 0.15) is 54.1 Å². The van der Waals surface area contributed by atoms with Gasteiger partial charge in [-0.3, -0.25) is 9.59 Å². The molecule has 0 saturated carbocycles. The summed E-state index contributed by atoms with van der Waals surface area (Å²) in [6.07, 6.45) is 2.49. The second-order valence-corrected chi connectivity index (χ2v) is 7.15. The molecule has 0 spiro atoms. The summed E-state index contributed by atoms with van der Waals surface area (Å²) in [7, 11) is 0. The summed E-state index contributed by atoms with van der Waals surface area (Å²) in [5.41, 5.74) is 2.70. The Kier molecular flexibility index (Phi) is 6.77. The van der Waals surface area contributed by atoms with Crippen molar-refractivity contribution in [3.8, 4) is 0 Å². The number of carboxylic acids is 1. The number of aliphatic carboxylic acids is 1. The number of amides is 2. The standard InChI is InChI=1S/C20H28N2O4/c1-4-6-17(20(25)26)21-18(23)15-7-5-8-22(12-15)19(24)16-10-13(2)9-14(3)11-16/h9-11,15,17H,4-8,12H2,1-3H3,(H,21,23)(H,25,26). The Hall–Kier alpha value is -2.37. The van der Waals surface area contributed by atoms with Crippen molar-refractivity contribution in [2.24, 2.45) is 5.92 Å². The maximum atomic E-state index is 12.8. The molecule has 1 aromatic carbocycles. The van der Waals surface area contributed by atoms with Crippen LogP contribution in [0.4, 0.5) is 0 Å². The highest BCUT2D eigenvalue weighted by Gasteiger charge is 2.31. The minimum absolute atomic E-state index is 0.0716. The Morgan fingerprint density at radius 1 is 1.23 bits per heavy atom. The molecule has 26 heavy (non-hydrogen) atoms. The summed E-state index contributed by atoms with van der Waals surface area (Å²) in [6.45, 7) is 6.74. The molecular formula is C20H28N2O4. The molecular weight excluding hydrogens is 332 g/mol. The Morgan fingerprint density at radius 2 is 1.88 bits per heavy atom. The average molecular weight is 360 g/mol. The van der Waals surface area contributed by atoms with Gasteiger partial charge in [0.1, 0.15) is 6.04 Å². The van der Waals surface area contributed by atoms with Crippen molar-refractivity contribution in [1.82, 2.24) is 10.2 Å². The topological polar surface area (TPSA) is 86.7 Å². The normalized spacial score (nSPS) is 18.3. The van der Waals surface area contributed by atoms with Gasteiger partial charge in [-0.25, -0.2) is 4.79 Å². The molecule has 2 unspecified atom stereocenters. The van der Waals surface area contributed by atoms with E-state index < -0.39 is 12.0 Å². The summed E-state index contributed by atoms with van der Waals surface area (Å²) in [5, 5.41) is 11.8. The number of rotatable bonds is 6. The first kappa shape index (κ1) is 19.9. The van der Waals surface area contributed by atoms with Crippen LogP contribution in [0.5, 0.6) is 0 Å². The summed E-state index contributed by atoms with van der Waals surface area (Å²) >= 11 is 0. The van der Waals surface area contributed by atoms with Gasteiger partial charge in [-0.15, -0.1) is 0 Å². The van der Waals surface area contributed by atoms with Crippen LogP contribution >= 0.6 is 0 Å². The summed E-state index contributed by atoms with van der Waals surface area (Å²) in [4.78, 5) is 38.2. The lowest BCUT2D eigenvalue weighted by Gasteiger charge is -2.32. The van der Waals surface area contributed by atoms with E-state index in [-0.39, 0.29) is 17.7 Å². The first-order valence-electron chi connectivity index (χ1n) is 9.22. The molecule has 142 valence electrons. The number of hydrogen-bond donors (Lipinski definition) is 2. The summed E-state index contributed by atoms with van der Waals surface area (Å²) < 4.78 is 0. The zero-order valence-corrected chi connectivity index (χ0v) is 15.7. The van der Waals surface area contributed by atoms with Gasteiger partial charge in [-0.05, 0) is 45.2 Å². The third kappa shape index (κ3) is 5.07. The van der Waals surface area contributed by atoms with Crippen LogP contribution in [0.15, 0.2) is 18.2 Å². The van der Waals surface area contributed by atoms with Crippen molar-refractivity contribution in [2.45, 2.75) is 52.5 Å². The van der Waals surface area contributed by atoms with Gasteiger partial charge in [-0.1, -0.05) is 30.5 Å². The molecule has 1 saturated heterocycles. The van der Waals surface area contributed by atoms with E-state index in [1.54, 1.807) is 4.90 Å². The molecule has 2 rings (SSSR count). The van der Waals surface area contributed by atoms with Crippen molar-refractivity contribution >= 4 is 17.8 Å². The van der Waals surface area contributed by atoms with Gasteiger partial charge in [0.05, 0.1) is 5.92 Å². The van der Waals surface area contributed by atoms with E-state index in [0.29, 0.717) is 37.9 Å². The highest BCUT2D eigenvalue weighted by atomic mass is 16.4. The lowest BCUT2D eigenvalue weighted by molar-refractivity contribution is -0.143. The van der Waals surface area contributed by atoms with E-state index in [1.165, 1.54) is 0 Å². The Labute approximate surface area is 154 Å². The zero-order chi connectivity index (χ0) is 19.3. The molecule has 2 amide bonds. The van der Waals surface area contributed by atoms with Gasteiger partial charge >= 0.3 is 5.97 Å². The SMILES string of the molecule is CCCC(NC(=O)C1CCCN(C(=O)c2cc(C)cc(C)c2)C1)C(=O)O. The highest BCUT2D eigenvalue weighted by molar-refractivity contribution is 5.95. The fourth-order valence-electron chi connectivity index (χ4n) is 3.49. The average Bonchev–Trinajstić information content (AvgIpc) is 2.59. The molecule has 0 aromatic heterocycles. The van der Waals surface area contributed by atoms with Crippen LogP contribution in [-0.4, -0.2) is 46.9 Å². The van der Waals surface area contributed by atoms with Crippen LogP contribution in [0.2, 0.25) is 0 Å². The molecule has 0 aliphatic carbocycles. The number of nitrogens with one attached hydrogen (secondary N) is 1. The lowest BCUT2D eigenvalue weighted by atomic mass is 9.95. The largest absolute Gasteiger partial charge is 0.480 e. The van der Waals surface area contributed by atoms with Crippen molar-refractivity contribution in [1.29, 1.82) is 0 Å². The Balaban J connectivity index is 2.04. The molecule has 1 fully saturated rings. The number of likely N-dealkylation sites (tertiary alicyclic amines) is 1. The van der Waals surface area contributed by atoms with E-state index in [9.17, 15) is 19.5 Å². The number of nitrogens with zero attached hydrogens (tertiary/aromatic N) is 1. The fourth-order valence-corrected chi connectivity index (χ4v) is 3.49. The molecule has 2 N–H and O–H groups in total. The van der Waals surface area contributed by atoms with Crippen molar-refractivity contribution in [3.05, 3.63) is 34.9 Å². The van der Waals surface area contributed by atoms with Gasteiger partial charge in [0.15, 0.2) is 0 Å². The third-order valence-corrected chi connectivity index (χ3v) is 4.74. The van der Waals surface area contributed by atoms with Gasteiger partial charge in [0, 0.05) is 18.7 Å². The number of hydrogen-bond acceptors (Lipinski definition) is 3. The van der Waals surface area contributed by atoms with E-state index in [0.717, 1.165) is 17.5 Å². The number of piperidine rings is 1. The van der Waals surface area contributed by atoms with Crippen LogP contribution < -0.4 is 5.32 Å². The van der Waals surface area contributed by atoms with Crippen LogP contribution in [0.3, 0.4) is 0 Å². The number of carbonyl (C=O) groups is 3. The first-order chi connectivity index (χ1) is 12.3. The molecule has 0 radical (unpaired) electrons. The molecule has 1 aromatic rings. The predicted molar refractivity (Wildman–Crippen MR) is 99.0 cm³/mol.